The summed E-state index contributed by atoms with van der Waals surface area (Å²) in [6, 6.07) is 18.0. The van der Waals surface area contributed by atoms with Gasteiger partial charge in [0, 0.05) is 6.42 Å². The largest absolute Gasteiger partial charge is 0.370 e. The van der Waals surface area contributed by atoms with Crippen LogP contribution in [0.15, 0.2) is 60.7 Å². The van der Waals surface area contributed by atoms with Gasteiger partial charge in [-0.1, -0.05) is 60.7 Å². The molecule has 0 unspecified atom stereocenters. The lowest BCUT2D eigenvalue weighted by molar-refractivity contribution is -0.127. The number of nitrogens with two attached hydrogens (primary N) is 2. The van der Waals surface area contributed by atoms with E-state index in [9.17, 15) is 9.59 Å². The van der Waals surface area contributed by atoms with E-state index in [4.69, 9.17) is 11.5 Å². The first-order valence-corrected chi connectivity index (χ1v) is 6.26. The smallest absolute Gasteiger partial charge is 0.233 e. The molecule has 4 heteroatoms. The number of benzene rings is 2. The standard InChI is InChI=1S/C16H16N2O2/c17-14(19)11-16(15(18)20,12-7-3-1-4-8-12)13-9-5-2-6-10-13/h1-10H,11H2,(H2,17,19)(H2,18,20). The predicted octanol–water partition coefficient (Wildman–Crippen LogP) is 1.33. The highest BCUT2D eigenvalue weighted by Gasteiger charge is 2.41. The second-order valence-electron chi connectivity index (χ2n) is 4.64. The van der Waals surface area contributed by atoms with Gasteiger partial charge in [-0.2, -0.15) is 0 Å². The predicted molar refractivity (Wildman–Crippen MR) is 76.7 cm³/mol. The molecule has 4 nitrogen and oxygen atoms in total. The number of hydrogen-bond acceptors (Lipinski definition) is 2. The van der Waals surface area contributed by atoms with Crippen molar-refractivity contribution in [3.05, 3.63) is 71.8 Å². The van der Waals surface area contributed by atoms with Crippen molar-refractivity contribution in [1.29, 1.82) is 0 Å². The molecule has 4 N–H and O–H groups in total. The molecule has 0 bridgehead atoms. The maximum absolute atomic E-state index is 12.2. The van der Waals surface area contributed by atoms with Gasteiger partial charge in [-0.05, 0) is 11.1 Å². The van der Waals surface area contributed by atoms with Crippen molar-refractivity contribution in [2.45, 2.75) is 11.8 Å². The Morgan fingerprint density at radius 1 is 0.800 bits per heavy atom. The number of hydrogen-bond donors (Lipinski definition) is 2. The van der Waals surface area contributed by atoms with Crippen LogP contribution < -0.4 is 11.5 Å². The molecule has 102 valence electrons. The molecule has 0 aromatic heterocycles. The highest BCUT2D eigenvalue weighted by atomic mass is 16.2. The maximum Gasteiger partial charge on any atom is 0.233 e. The fourth-order valence-electron chi connectivity index (χ4n) is 2.45. The summed E-state index contributed by atoms with van der Waals surface area (Å²) in [7, 11) is 0. The Bertz CT molecular complexity index is 569. The Morgan fingerprint density at radius 3 is 1.50 bits per heavy atom. The van der Waals surface area contributed by atoms with Crippen LogP contribution in [0.3, 0.4) is 0 Å². The third kappa shape index (κ3) is 2.40. The molecule has 0 aliphatic rings. The van der Waals surface area contributed by atoms with Gasteiger partial charge in [0.2, 0.25) is 11.8 Å². The van der Waals surface area contributed by atoms with Crippen LogP contribution in [0, 0.1) is 0 Å². The van der Waals surface area contributed by atoms with Crippen molar-refractivity contribution in [2.24, 2.45) is 11.5 Å². The minimum atomic E-state index is -1.23. The van der Waals surface area contributed by atoms with E-state index >= 15 is 0 Å². The molecule has 0 fully saturated rings. The molecular weight excluding hydrogens is 252 g/mol. The molecule has 20 heavy (non-hydrogen) atoms. The van der Waals surface area contributed by atoms with Crippen LogP contribution in [0.5, 0.6) is 0 Å². The molecule has 2 amide bonds. The van der Waals surface area contributed by atoms with E-state index < -0.39 is 17.2 Å². The van der Waals surface area contributed by atoms with Gasteiger partial charge in [0.05, 0.1) is 0 Å². The fourth-order valence-corrected chi connectivity index (χ4v) is 2.45. The highest BCUT2D eigenvalue weighted by molar-refractivity contribution is 5.95. The summed E-state index contributed by atoms with van der Waals surface area (Å²) in [5.41, 5.74) is 11.1. The quantitative estimate of drug-likeness (QED) is 0.857. The van der Waals surface area contributed by atoms with Crippen molar-refractivity contribution in [3.63, 3.8) is 0 Å². The van der Waals surface area contributed by atoms with Gasteiger partial charge in [0.25, 0.3) is 0 Å². The molecule has 2 aromatic rings. The molecule has 0 aliphatic carbocycles. The Labute approximate surface area is 117 Å². The monoisotopic (exact) mass is 268 g/mol. The van der Waals surface area contributed by atoms with Gasteiger partial charge in [-0.15, -0.1) is 0 Å². The van der Waals surface area contributed by atoms with E-state index in [1.165, 1.54) is 0 Å². The summed E-state index contributed by atoms with van der Waals surface area (Å²) < 4.78 is 0. The van der Waals surface area contributed by atoms with Crippen molar-refractivity contribution < 1.29 is 9.59 Å². The van der Waals surface area contributed by atoms with Crippen LogP contribution in [-0.4, -0.2) is 11.8 Å². The molecule has 0 spiro atoms. The van der Waals surface area contributed by atoms with E-state index in [1.54, 1.807) is 48.5 Å². The molecule has 2 rings (SSSR count). The third-order valence-corrected chi connectivity index (χ3v) is 3.39. The van der Waals surface area contributed by atoms with Crippen molar-refractivity contribution >= 4 is 11.8 Å². The van der Waals surface area contributed by atoms with Gasteiger partial charge >= 0.3 is 0 Å². The lowest BCUT2D eigenvalue weighted by Crippen LogP contribution is -2.45. The molecule has 0 atom stereocenters. The summed E-state index contributed by atoms with van der Waals surface area (Å²) in [5, 5.41) is 0. The van der Waals surface area contributed by atoms with E-state index in [0.717, 1.165) is 0 Å². The average Bonchev–Trinajstić information content (AvgIpc) is 2.46. The number of primary amides is 2. The zero-order valence-corrected chi connectivity index (χ0v) is 11.0. The van der Waals surface area contributed by atoms with Gasteiger partial charge in [-0.25, -0.2) is 0 Å². The van der Waals surface area contributed by atoms with Gasteiger partial charge in [0.15, 0.2) is 0 Å². The lowest BCUT2D eigenvalue weighted by atomic mass is 9.71. The minimum Gasteiger partial charge on any atom is -0.370 e. The summed E-state index contributed by atoms with van der Waals surface area (Å²) >= 11 is 0. The summed E-state index contributed by atoms with van der Waals surface area (Å²) in [6.45, 7) is 0. The normalized spacial score (nSPS) is 11.0. The number of rotatable bonds is 5. The number of carbonyl (C=O) groups excluding carboxylic acids is 2. The van der Waals surface area contributed by atoms with Crippen LogP contribution in [0.2, 0.25) is 0 Å². The molecule has 2 aromatic carbocycles. The number of carbonyl (C=O) groups is 2. The Morgan fingerprint density at radius 2 is 1.20 bits per heavy atom. The molecule has 0 saturated carbocycles. The van der Waals surface area contributed by atoms with Crippen LogP contribution in [0.25, 0.3) is 0 Å². The van der Waals surface area contributed by atoms with Crippen LogP contribution in [-0.2, 0) is 15.0 Å². The molecular formula is C16H16N2O2. The molecule has 0 saturated heterocycles. The second-order valence-corrected chi connectivity index (χ2v) is 4.64. The Balaban J connectivity index is 2.69. The SMILES string of the molecule is NC(=O)CC(C(N)=O)(c1ccccc1)c1ccccc1. The van der Waals surface area contributed by atoms with Gasteiger partial charge in [-0.3, -0.25) is 9.59 Å². The third-order valence-electron chi connectivity index (χ3n) is 3.39. The lowest BCUT2D eigenvalue weighted by Gasteiger charge is -2.30. The van der Waals surface area contributed by atoms with Gasteiger partial charge in [0.1, 0.15) is 5.41 Å². The average molecular weight is 268 g/mol. The van der Waals surface area contributed by atoms with Crippen LogP contribution in [0.4, 0.5) is 0 Å². The Hall–Kier alpha value is -2.62. The zero-order chi connectivity index (χ0) is 14.6. The Kier molecular flexibility index (Phi) is 3.84. The second kappa shape index (κ2) is 5.57. The van der Waals surface area contributed by atoms with E-state index in [2.05, 4.69) is 0 Å². The van der Waals surface area contributed by atoms with Gasteiger partial charge < -0.3 is 11.5 Å². The first kappa shape index (κ1) is 13.8. The van der Waals surface area contributed by atoms with Crippen molar-refractivity contribution in [1.82, 2.24) is 0 Å². The molecule has 0 heterocycles. The topological polar surface area (TPSA) is 86.2 Å². The minimum absolute atomic E-state index is 0.156. The van der Waals surface area contributed by atoms with E-state index in [1.807, 2.05) is 12.1 Å². The van der Waals surface area contributed by atoms with Crippen LogP contribution in [0.1, 0.15) is 17.5 Å². The van der Waals surface area contributed by atoms with Crippen LogP contribution >= 0.6 is 0 Å². The molecule has 0 aliphatic heterocycles. The highest BCUT2D eigenvalue weighted by Crippen LogP contribution is 2.35. The summed E-state index contributed by atoms with van der Waals surface area (Å²) in [4.78, 5) is 23.7. The maximum atomic E-state index is 12.2. The molecule has 0 radical (unpaired) electrons. The van der Waals surface area contributed by atoms with E-state index in [-0.39, 0.29) is 6.42 Å². The number of amides is 2. The first-order chi connectivity index (χ1) is 9.57. The first-order valence-electron chi connectivity index (χ1n) is 6.26. The fraction of sp³-hybridized carbons (Fsp3) is 0.125. The van der Waals surface area contributed by atoms with Crippen molar-refractivity contribution in [3.8, 4) is 0 Å². The van der Waals surface area contributed by atoms with E-state index in [0.29, 0.717) is 11.1 Å². The summed E-state index contributed by atoms with van der Waals surface area (Å²) in [5.74, 6) is -1.16. The zero-order valence-electron chi connectivity index (χ0n) is 11.0. The summed E-state index contributed by atoms with van der Waals surface area (Å²) in [6.07, 6.45) is -0.156. The van der Waals surface area contributed by atoms with Crippen molar-refractivity contribution in [2.75, 3.05) is 0 Å².